The zero-order chi connectivity index (χ0) is 19.9. The molecule has 1 amide bonds. The lowest BCUT2D eigenvalue weighted by atomic mass is 10.2. The summed E-state index contributed by atoms with van der Waals surface area (Å²) in [5.41, 5.74) is 1.82. The minimum Gasteiger partial charge on any atom is -0.495 e. The van der Waals surface area contributed by atoms with Crippen molar-refractivity contribution in [2.75, 3.05) is 50.1 Å². The van der Waals surface area contributed by atoms with E-state index >= 15 is 0 Å². The van der Waals surface area contributed by atoms with Gasteiger partial charge in [0.1, 0.15) is 11.5 Å². The Bertz CT molecular complexity index is 786. The van der Waals surface area contributed by atoms with Gasteiger partial charge in [-0.2, -0.15) is 0 Å². The van der Waals surface area contributed by atoms with Crippen LogP contribution in [0.4, 0.5) is 11.4 Å². The minimum atomic E-state index is -0.0226. The highest BCUT2D eigenvalue weighted by Gasteiger charge is 2.21. The van der Waals surface area contributed by atoms with Crippen LogP contribution in [0.3, 0.4) is 0 Å². The summed E-state index contributed by atoms with van der Waals surface area (Å²) in [6.45, 7) is 7.70. The molecular weight excluding hydrogens is 354 g/mol. The molecule has 1 saturated heterocycles. The summed E-state index contributed by atoms with van der Waals surface area (Å²) in [4.78, 5) is 17.0. The van der Waals surface area contributed by atoms with E-state index < -0.39 is 0 Å². The van der Waals surface area contributed by atoms with Gasteiger partial charge >= 0.3 is 0 Å². The van der Waals surface area contributed by atoms with E-state index in [-0.39, 0.29) is 12.0 Å². The second-order valence-electron chi connectivity index (χ2n) is 7.15. The maximum Gasteiger partial charge on any atom is 0.238 e. The van der Waals surface area contributed by atoms with E-state index in [4.69, 9.17) is 9.47 Å². The number of rotatable bonds is 7. The van der Waals surface area contributed by atoms with Crippen molar-refractivity contribution in [3.8, 4) is 11.5 Å². The lowest BCUT2D eigenvalue weighted by Gasteiger charge is -2.36. The van der Waals surface area contributed by atoms with Gasteiger partial charge in [0.15, 0.2) is 0 Å². The molecule has 0 bridgehead atoms. The van der Waals surface area contributed by atoms with E-state index in [1.54, 1.807) is 7.11 Å². The number of methoxy groups -OCH3 is 1. The van der Waals surface area contributed by atoms with Crippen LogP contribution in [0.2, 0.25) is 0 Å². The third kappa shape index (κ3) is 5.16. The molecule has 1 aliphatic heterocycles. The topological polar surface area (TPSA) is 54.0 Å². The molecule has 150 valence electrons. The zero-order valence-electron chi connectivity index (χ0n) is 16.9. The number of nitrogens with zero attached hydrogens (tertiary/aromatic N) is 2. The smallest absolute Gasteiger partial charge is 0.238 e. The molecular formula is C22H29N3O3. The van der Waals surface area contributed by atoms with Crippen LogP contribution in [-0.4, -0.2) is 56.7 Å². The predicted molar refractivity (Wildman–Crippen MR) is 112 cm³/mol. The van der Waals surface area contributed by atoms with Crippen molar-refractivity contribution in [1.29, 1.82) is 0 Å². The van der Waals surface area contributed by atoms with Crippen LogP contribution < -0.4 is 19.7 Å². The third-order valence-electron chi connectivity index (χ3n) is 4.69. The van der Waals surface area contributed by atoms with Crippen LogP contribution in [0.15, 0.2) is 48.5 Å². The molecule has 0 aliphatic carbocycles. The highest BCUT2D eigenvalue weighted by molar-refractivity contribution is 5.93. The number of anilines is 2. The van der Waals surface area contributed by atoms with Crippen LogP contribution in [-0.2, 0) is 4.79 Å². The molecule has 6 nitrogen and oxygen atoms in total. The third-order valence-corrected chi connectivity index (χ3v) is 4.69. The van der Waals surface area contributed by atoms with Crippen molar-refractivity contribution < 1.29 is 14.3 Å². The quantitative estimate of drug-likeness (QED) is 0.795. The molecule has 3 rings (SSSR count). The van der Waals surface area contributed by atoms with Crippen molar-refractivity contribution in [1.82, 2.24) is 4.90 Å². The van der Waals surface area contributed by atoms with Gasteiger partial charge in [-0.15, -0.1) is 0 Å². The summed E-state index contributed by atoms with van der Waals surface area (Å²) >= 11 is 0. The van der Waals surface area contributed by atoms with Gasteiger partial charge in [0.2, 0.25) is 5.91 Å². The van der Waals surface area contributed by atoms with E-state index in [0.29, 0.717) is 18.0 Å². The molecule has 0 aromatic heterocycles. The molecule has 0 saturated carbocycles. The molecule has 1 N–H and O–H groups in total. The monoisotopic (exact) mass is 383 g/mol. The number of benzene rings is 2. The number of piperazine rings is 1. The Morgan fingerprint density at radius 2 is 1.64 bits per heavy atom. The molecule has 2 aromatic rings. The highest BCUT2D eigenvalue weighted by atomic mass is 16.5. The molecule has 28 heavy (non-hydrogen) atoms. The Kier molecular flexibility index (Phi) is 6.76. The molecule has 0 atom stereocenters. The number of hydrogen-bond donors (Lipinski definition) is 1. The average Bonchev–Trinajstić information content (AvgIpc) is 2.69. The SMILES string of the molecule is COc1ccccc1N1CCN(CC(=O)Nc2ccccc2OC(C)C)CC1. The van der Waals surface area contributed by atoms with E-state index in [9.17, 15) is 4.79 Å². The number of carbonyl (C=O) groups excluding carboxylic acids is 1. The highest BCUT2D eigenvalue weighted by Crippen LogP contribution is 2.28. The lowest BCUT2D eigenvalue weighted by molar-refractivity contribution is -0.117. The van der Waals surface area contributed by atoms with Crippen LogP contribution in [0, 0.1) is 0 Å². The Morgan fingerprint density at radius 3 is 2.32 bits per heavy atom. The summed E-state index contributed by atoms with van der Waals surface area (Å²) in [5, 5.41) is 2.99. The molecule has 0 unspecified atom stereocenters. The largest absolute Gasteiger partial charge is 0.495 e. The van der Waals surface area contributed by atoms with Crippen molar-refractivity contribution >= 4 is 17.3 Å². The van der Waals surface area contributed by atoms with E-state index in [2.05, 4.69) is 21.2 Å². The van der Waals surface area contributed by atoms with Crippen LogP contribution >= 0.6 is 0 Å². The van der Waals surface area contributed by atoms with Crippen LogP contribution in [0.1, 0.15) is 13.8 Å². The fourth-order valence-corrected chi connectivity index (χ4v) is 3.36. The minimum absolute atomic E-state index is 0.0226. The molecule has 2 aromatic carbocycles. The summed E-state index contributed by atoms with van der Waals surface area (Å²) < 4.78 is 11.2. The normalized spacial score (nSPS) is 14.8. The molecule has 0 spiro atoms. The summed E-state index contributed by atoms with van der Waals surface area (Å²) in [6.07, 6.45) is 0.0566. The van der Waals surface area contributed by atoms with Gasteiger partial charge in [-0.05, 0) is 38.1 Å². The van der Waals surface area contributed by atoms with E-state index in [0.717, 1.165) is 37.6 Å². The summed E-state index contributed by atoms with van der Waals surface area (Å²) in [5.74, 6) is 1.56. The lowest BCUT2D eigenvalue weighted by Crippen LogP contribution is -2.48. The predicted octanol–water partition coefficient (Wildman–Crippen LogP) is 3.24. The standard InChI is InChI=1S/C22H29N3O3/c1-17(2)28-20-10-6-4-8-18(20)23-22(26)16-24-12-14-25(15-13-24)19-9-5-7-11-21(19)27-3/h4-11,17H,12-16H2,1-3H3,(H,23,26). The zero-order valence-corrected chi connectivity index (χ0v) is 16.9. The van der Waals surface area contributed by atoms with Crippen molar-refractivity contribution in [3.63, 3.8) is 0 Å². The number of amides is 1. The first kappa shape index (κ1) is 20.0. The van der Waals surface area contributed by atoms with Gasteiger partial charge in [0, 0.05) is 26.2 Å². The Hall–Kier alpha value is -2.73. The van der Waals surface area contributed by atoms with Gasteiger partial charge in [-0.3, -0.25) is 9.69 Å². The second-order valence-corrected chi connectivity index (χ2v) is 7.15. The van der Waals surface area contributed by atoms with Gasteiger partial charge in [0.25, 0.3) is 0 Å². The number of ether oxygens (including phenoxy) is 2. The number of carbonyl (C=O) groups is 1. The number of hydrogen-bond acceptors (Lipinski definition) is 5. The first-order chi connectivity index (χ1) is 13.6. The van der Waals surface area contributed by atoms with Crippen molar-refractivity contribution in [2.45, 2.75) is 20.0 Å². The molecule has 1 aliphatic rings. The van der Waals surface area contributed by atoms with Crippen molar-refractivity contribution in [3.05, 3.63) is 48.5 Å². The van der Waals surface area contributed by atoms with Gasteiger partial charge < -0.3 is 19.7 Å². The molecule has 1 heterocycles. The second kappa shape index (κ2) is 9.46. The number of para-hydroxylation sites is 4. The fraction of sp³-hybridized carbons (Fsp3) is 0.409. The van der Waals surface area contributed by atoms with Crippen LogP contribution in [0.25, 0.3) is 0 Å². The van der Waals surface area contributed by atoms with E-state index in [1.165, 1.54) is 0 Å². The molecule has 6 heteroatoms. The average molecular weight is 383 g/mol. The summed E-state index contributed by atoms with van der Waals surface area (Å²) in [6, 6.07) is 15.6. The van der Waals surface area contributed by atoms with Gasteiger partial charge in [0.05, 0.1) is 31.1 Å². The molecule has 0 radical (unpaired) electrons. The fourth-order valence-electron chi connectivity index (χ4n) is 3.36. The first-order valence-corrected chi connectivity index (χ1v) is 9.72. The first-order valence-electron chi connectivity index (χ1n) is 9.72. The molecule has 1 fully saturated rings. The number of nitrogens with one attached hydrogen (secondary N) is 1. The Balaban J connectivity index is 1.53. The Morgan fingerprint density at radius 1 is 1.00 bits per heavy atom. The van der Waals surface area contributed by atoms with E-state index in [1.807, 2.05) is 56.3 Å². The summed E-state index contributed by atoms with van der Waals surface area (Å²) in [7, 11) is 1.69. The van der Waals surface area contributed by atoms with Gasteiger partial charge in [-0.25, -0.2) is 0 Å². The van der Waals surface area contributed by atoms with Gasteiger partial charge in [-0.1, -0.05) is 24.3 Å². The maximum atomic E-state index is 12.5. The maximum absolute atomic E-state index is 12.5. The van der Waals surface area contributed by atoms with Crippen LogP contribution in [0.5, 0.6) is 11.5 Å². The Labute approximate surface area is 167 Å². The van der Waals surface area contributed by atoms with Crippen molar-refractivity contribution in [2.24, 2.45) is 0 Å².